The van der Waals surface area contributed by atoms with Crippen molar-refractivity contribution in [3.8, 4) is 5.75 Å². The minimum absolute atomic E-state index is 0.237. The van der Waals surface area contributed by atoms with Crippen molar-refractivity contribution < 1.29 is 19.1 Å². The van der Waals surface area contributed by atoms with E-state index in [0.29, 0.717) is 11.7 Å². The largest absolute Gasteiger partial charge is 0.482 e. The van der Waals surface area contributed by atoms with Crippen LogP contribution in [0.3, 0.4) is 0 Å². The summed E-state index contributed by atoms with van der Waals surface area (Å²) in [6.07, 6.45) is 0.970. The number of carbonyl (C=O) groups is 2. The molecule has 0 saturated heterocycles. The molecule has 27 heavy (non-hydrogen) atoms. The predicted octanol–water partition coefficient (Wildman–Crippen LogP) is 4.38. The van der Waals surface area contributed by atoms with Crippen LogP contribution in [0.4, 0.5) is 5.69 Å². The van der Waals surface area contributed by atoms with E-state index in [9.17, 15) is 9.59 Å². The number of anilines is 1. The number of esters is 1. The number of benzene rings is 2. The molecule has 1 N–H and O–H groups in total. The maximum atomic E-state index is 12.1. The van der Waals surface area contributed by atoms with Gasteiger partial charge in [0, 0.05) is 5.69 Å². The molecule has 0 fully saturated rings. The Morgan fingerprint density at radius 2 is 1.78 bits per heavy atom. The van der Waals surface area contributed by atoms with Crippen molar-refractivity contribution in [2.24, 2.45) is 0 Å². The molecular weight excluding hydrogens is 342 g/mol. The zero-order chi connectivity index (χ0) is 19.8. The van der Waals surface area contributed by atoms with Crippen LogP contribution in [0.15, 0.2) is 42.5 Å². The topological polar surface area (TPSA) is 64.6 Å². The Labute approximate surface area is 160 Å². The van der Waals surface area contributed by atoms with Crippen molar-refractivity contribution in [1.29, 1.82) is 0 Å². The fourth-order valence-corrected chi connectivity index (χ4v) is 2.58. The average Bonchev–Trinajstić information content (AvgIpc) is 2.67. The summed E-state index contributed by atoms with van der Waals surface area (Å²) in [5.41, 5.74) is 4.05. The Hall–Kier alpha value is -2.82. The molecule has 5 nitrogen and oxygen atoms in total. The smallest absolute Gasteiger partial charge is 0.344 e. The molecule has 0 radical (unpaired) electrons. The molecule has 0 saturated carbocycles. The zero-order valence-corrected chi connectivity index (χ0v) is 16.4. The lowest BCUT2D eigenvalue weighted by atomic mass is 9.97. The first-order valence-corrected chi connectivity index (χ1v) is 9.15. The van der Waals surface area contributed by atoms with Crippen LogP contribution in [0.25, 0.3) is 0 Å². The molecule has 1 atom stereocenters. The van der Waals surface area contributed by atoms with Gasteiger partial charge in [0.1, 0.15) is 5.75 Å². The minimum Gasteiger partial charge on any atom is -0.482 e. The van der Waals surface area contributed by atoms with E-state index >= 15 is 0 Å². The summed E-state index contributed by atoms with van der Waals surface area (Å²) in [6, 6.07) is 13.2. The normalized spacial score (nSPS) is 11.6. The van der Waals surface area contributed by atoms with Crippen molar-refractivity contribution in [2.75, 3.05) is 18.5 Å². The fourth-order valence-electron chi connectivity index (χ4n) is 2.58. The molecule has 2 aromatic carbocycles. The summed E-state index contributed by atoms with van der Waals surface area (Å²) in [5.74, 6) is -0.0266. The lowest BCUT2D eigenvalue weighted by Crippen LogP contribution is -2.24. The Balaban J connectivity index is 1.81. The first-order valence-electron chi connectivity index (χ1n) is 9.15. The molecule has 0 aliphatic carbocycles. The molecular formula is C22H27NO4. The van der Waals surface area contributed by atoms with Gasteiger partial charge >= 0.3 is 5.97 Å². The third-order valence-electron chi connectivity index (χ3n) is 4.58. The summed E-state index contributed by atoms with van der Waals surface area (Å²) in [4.78, 5) is 23.9. The summed E-state index contributed by atoms with van der Waals surface area (Å²) in [6.45, 7) is 7.60. The van der Waals surface area contributed by atoms with Gasteiger partial charge in [0.15, 0.2) is 13.2 Å². The number of para-hydroxylation sites is 1. The van der Waals surface area contributed by atoms with Gasteiger partial charge in [0.2, 0.25) is 0 Å². The molecule has 2 aromatic rings. The van der Waals surface area contributed by atoms with E-state index in [1.165, 1.54) is 0 Å². The van der Waals surface area contributed by atoms with Crippen molar-refractivity contribution >= 4 is 17.6 Å². The van der Waals surface area contributed by atoms with Crippen LogP contribution in [0.5, 0.6) is 5.75 Å². The molecule has 1 amide bonds. The Morgan fingerprint density at radius 3 is 2.48 bits per heavy atom. The van der Waals surface area contributed by atoms with Gasteiger partial charge in [-0.1, -0.05) is 38.1 Å². The quantitative estimate of drug-likeness (QED) is 0.702. The molecule has 0 heterocycles. The van der Waals surface area contributed by atoms with Gasteiger partial charge in [-0.25, -0.2) is 4.79 Å². The first kappa shape index (κ1) is 20.5. The van der Waals surface area contributed by atoms with Crippen LogP contribution in [0, 0.1) is 13.8 Å². The van der Waals surface area contributed by atoms with E-state index in [0.717, 1.165) is 28.8 Å². The minimum atomic E-state index is -0.585. The summed E-state index contributed by atoms with van der Waals surface area (Å²) < 4.78 is 10.4. The first-order chi connectivity index (χ1) is 12.9. The SMILES string of the molecule is CC[C@@H](C)c1ccccc1NC(=O)COC(=O)COc1ccc(C)c(C)c1. The van der Waals surface area contributed by atoms with Crippen LogP contribution < -0.4 is 10.1 Å². The number of aryl methyl sites for hydroxylation is 2. The number of ether oxygens (including phenoxy) is 2. The van der Waals surface area contributed by atoms with Gasteiger partial charge in [-0.05, 0) is 61.1 Å². The summed E-state index contributed by atoms with van der Waals surface area (Å²) in [5, 5.41) is 2.81. The molecule has 0 unspecified atom stereocenters. The van der Waals surface area contributed by atoms with Gasteiger partial charge in [0.05, 0.1) is 0 Å². The average molecular weight is 369 g/mol. The third-order valence-corrected chi connectivity index (χ3v) is 4.58. The van der Waals surface area contributed by atoms with E-state index in [1.54, 1.807) is 6.07 Å². The number of hydrogen-bond donors (Lipinski definition) is 1. The highest BCUT2D eigenvalue weighted by atomic mass is 16.6. The number of nitrogens with one attached hydrogen (secondary N) is 1. The summed E-state index contributed by atoms with van der Waals surface area (Å²) in [7, 11) is 0. The van der Waals surface area contributed by atoms with E-state index in [1.807, 2.05) is 50.2 Å². The van der Waals surface area contributed by atoms with Gasteiger partial charge in [0.25, 0.3) is 5.91 Å². The van der Waals surface area contributed by atoms with Gasteiger partial charge in [-0.3, -0.25) is 4.79 Å². The maximum Gasteiger partial charge on any atom is 0.344 e. The molecule has 0 aliphatic rings. The Bertz CT molecular complexity index is 801. The maximum absolute atomic E-state index is 12.1. The van der Waals surface area contributed by atoms with Crippen LogP contribution in [-0.2, 0) is 14.3 Å². The molecule has 0 spiro atoms. The fraction of sp³-hybridized carbons (Fsp3) is 0.364. The lowest BCUT2D eigenvalue weighted by Gasteiger charge is -2.15. The second kappa shape index (κ2) is 9.76. The molecule has 144 valence electrons. The van der Waals surface area contributed by atoms with Crippen molar-refractivity contribution in [1.82, 2.24) is 0 Å². The number of rotatable bonds is 8. The highest BCUT2D eigenvalue weighted by Crippen LogP contribution is 2.26. The van der Waals surface area contributed by atoms with E-state index in [-0.39, 0.29) is 19.1 Å². The molecule has 5 heteroatoms. The predicted molar refractivity (Wildman–Crippen MR) is 106 cm³/mol. The zero-order valence-electron chi connectivity index (χ0n) is 16.4. The van der Waals surface area contributed by atoms with E-state index in [4.69, 9.17) is 9.47 Å². The molecule has 0 aliphatic heterocycles. The van der Waals surface area contributed by atoms with Gasteiger partial charge in [-0.2, -0.15) is 0 Å². The molecule has 0 aromatic heterocycles. The number of hydrogen-bond acceptors (Lipinski definition) is 4. The Morgan fingerprint density at radius 1 is 1.04 bits per heavy atom. The van der Waals surface area contributed by atoms with Crippen LogP contribution in [0.1, 0.15) is 42.9 Å². The number of amides is 1. The monoisotopic (exact) mass is 369 g/mol. The van der Waals surface area contributed by atoms with Gasteiger partial charge in [-0.15, -0.1) is 0 Å². The Kier molecular flexibility index (Phi) is 7.41. The van der Waals surface area contributed by atoms with Crippen LogP contribution in [-0.4, -0.2) is 25.1 Å². The van der Waals surface area contributed by atoms with Crippen molar-refractivity contribution in [2.45, 2.75) is 40.0 Å². The number of carbonyl (C=O) groups excluding carboxylic acids is 2. The lowest BCUT2D eigenvalue weighted by molar-refractivity contribution is -0.149. The van der Waals surface area contributed by atoms with E-state index in [2.05, 4.69) is 19.2 Å². The molecule has 0 bridgehead atoms. The second-order valence-corrected chi connectivity index (χ2v) is 6.64. The van der Waals surface area contributed by atoms with Crippen molar-refractivity contribution in [3.05, 3.63) is 59.2 Å². The van der Waals surface area contributed by atoms with E-state index < -0.39 is 5.97 Å². The standard InChI is InChI=1S/C22H27NO4/c1-5-15(2)19-8-6-7-9-20(19)23-21(24)13-27-22(25)14-26-18-11-10-16(3)17(4)12-18/h6-12,15H,5,13-14H2,1-4H3,(H,23,24)/t15-/m1/s1. The van der Waals surface area contributed by atoms with Gasteiger partial charge < -0.3 is 14.8 Å². The van der Waals surface area contributed by atoms with Crippen molar-refractivity contribution in [3.63, 3.8) is 0 Å². The molecule has 2 rings (SSSR count). The highest BCUT2D eigenvalue weighted by Gasteiger charge is 2.13. The third kappa shape index (κ3) is 6.13. The van der Waals surface area contributed by atoms with Crippen LogP contribution >= 0.6 is 0 Å². The highest BCUT2D eigenvalue weighted by molar-refractivity contribution is 5.93. The second-order valence-electron chi connectivity index (χ2n) is 6.64. The van der Waals surface area contributed by atoms with Crippen LogP contribution in [0.2, 0.25) is 0 Å². The summed E-state index contributed by atoms with van der Waals surface area (Å²) >= 11 is 0.